The van der Waals surface area contributed by atoms with Gasteiger partial charge in [0.1, 0.15) is 0 Å². The van der Waals surface area contributed by atoms with Crippen molar-refractivity contribution in [3.05, 3.63) is 38.7 Å². The van der Waals surface area contributed by atoms with Gasteiger partial charge in [-0.2, -0.15) is 0 Å². The molecule has 1 unspecified atom stereocenters. The molecule has 0 saturated carbocycles. The summed E-state index contributed by atoms with van der Waals surface area (Å²) in [6.07, 6.45) is 2.28. The van der Waals surface area contributed by atoms with Gasteiger partial charge in [0.15, 0.2) is 0 Å². The molecule has 0 saturated heterocycles. The topological polar surface area (TPSA) is 41.1 Å². The summed E-state index contributed by atoms with van der Waals surface area (Å²) >= 11 is 3.47. The van der Waals surface area contributed by atoms with Gasteiger partial charge in [0.2, 0.25) is 5.91 Å². The SMILES string of the molecule is CCCC(NCc1sccc1NC(C)=O)c1cccs1. The molecule has 20 heavy (non-hydrogen) atoms. The molecular weight excluding hydrogens is 288 g/mol. The Morgan fingerprint density at radius 1 is 1.30 bits per heavy atom. The predicted molar refractivity (Wildman–Crippen MR) is 87.4 cm³/mol. The summed E-state index contributed by atoms with van der Waals surface area (Å²) in [4.78, 5) is 13.7. The minimum absolute atomic E-state index is 0.0204. The van der Waals surface area contributed by atoms with Gasteiger partial charge in [0, 0.05) is 29.3 Å². The molecule has 1 amide bonds. The Kier molecular flexibility index (Phi) is 5.76. The van der Waals surface area contributed by atoms with E-state index < -0.39 is 0 Å². The number of anilines is 1. The first-order chi connectivity index (χ1) is 9.70. The van der Waals surface area contributed by atoms with Crippen LogP contribution in [0.1, 0.15) is 42.5 Å². The summed E-state index contributed by atoms with van der Waals surface area (Å²) in [7, 11) is 0. The molecule has 2 aromatic rings. The maximum absolute atomic E-state index is 11.2. The first-order valence-corrected chi connectivity index (χ1v) is 8.57. The van der Waals surface area contributed by atoms with Crippen LogP contribution in [0.3, 0.4) is 0 Å². The highest BCUT2D eigenvalue weighted by atomic mass is 32.1. The predicted octanol–water partition coefficient (Wildman–Crippen LogP) is 4.40. The van der Waals surface area contributed by atoms with Crippen LogP contribution in [0.5, 0.6) is 0 Å². The fourth-order valence-electron chi connectivity index (χ4n) is 2.12. The molecule has 0 radical (unpaired) electrons. The second-order valence-electron chi connectivity index (χ2n) is 4.68. The molecule has 2 aromatic heterocycles. The first kappa shape index (κ1) is 15.2. The minimum atomic E-state index is -0.0204. The van der Waals surface area contributed by atoms with Crippen molar-refractivity contribution in [2.45, 2.75) is 39.3 Å². The molecule has 2 rings (SSSR count). The Balaban J connectivity index is 1.99. The normalized spacial score (nSPS) is 12.3. The standard InChI is InChI=1S/C15H20N2OS2/c1-3-5-12(14-6-4-8-19-14)16-10-15-13(7-9-20-15)17-11(2)18/h4,6-9,12,16H,3,5,10H2,1-2H3,(H,17,18). The van der Waals surface area contributed by atoms with Crippen LogP contribution in [-0.2, 0) is 11.3 Å². The summed E-state index contributed by atoms with van der Waals surface area (Å²) in [6, 6.07) is 6.63. The van der Waals surface area contributed by atoms with Crippen LogP contribution >= 0.6 is 22.7 Å². The van der Waals surface area contributed by atoms with E-state index in [0.29, 0.717) is 6.04 Å². The number of hydrogen-bond acceptors (Lipinski definition) is 4. The monoisotopic (exact) mass is 308 g/mol. The van der Waals surface area contributed by atoms with Crippen molar-refractivity contribution in [1.82, 2.24) is 5.32 Å². The maximum atomic E-state index is 11.2. The van der Waals surface area contributed by atoms with E-state index in [9.17, 15) is 4.79 Å². The highest BCUT2D eigenvalue weighted by molar-refractivity contribution is 7.10. The second kappa shape index (κ2) is 7.57. The summed E-state index contributed by atoms with van der Waals surface area (Å²) < 4.78 is 0. The number of carbonyl (C=O) groups is 1. The lowest BCUT2D eigenvalue weighted by atomic mass is 10.1. The largest absolute Gasteiger partial charge is 0.325 e. The summed E-state index contributed by atoms with van der Waals surface area (Å²) in [5.74, 6) is -0.0204. The van der Waals surface area contributed by atoms with Gasteiger partial charge in [-0.1, -0.05) is 19.4 Å². The minimum Gasteiger partial charge on any atom is -0.325 e. The van der Waals surface area contributed by atoms with Gasteiger partial charge in [-0.25, -0.2) is 0 Å². The van der Waals surface area contributed by atoms with Gasteiger partial charge < -0.3 is 10.6 Å². The Morgan fingerprint density at radius 2 is 2.15 bits per heavy atom. The quantitative estimate of drug-likeness (QED) is 0.796. The van der Waals surface area contributed by atoms with E-state index in [4.69, 9.17) is 0 Å². The van der Waals surface area contributed by atoms with Crippen molar-refractivity contribution in [1.29, 1.82) is 0 Å². The molecule has 108 valence electrons. The molecule has 2 N–H and O–H groups in total. The van der Waals surface area contributed by atoms with E-state index in [2.05, 4.69) is 35.1 Å². The van der Waals surface area contributed by atoms with Crippen LogP contribution in [-0.4, -0.2) is 5.91 Å². The number of rotatable bonds is 7. The molecule has 3 nitrogen and oxygen atoms in total. The molecule has 0 aliphatic heterocycles. The average molecular weight is 308 g/mol. The number of hydrogen-bond donors (Lipinski definition) is 2. The van der Waals surface area contributed by atoms with E-state index in [0.717, 1.165) is 25.1 Å². The lowest BCUT2D eigenvalue weighted by Crippen LogP contribution is -2.20. The first-order valence-electron chi connectivity index (χ1n) is 6.81. The fourth-order valence-corrected chi connectivity index (χ4v) is 3.74. The number of carbonyl (C=O) groups excluding carboxylic acids is 1. The number of thiophene rings is 2. The lowest BCUT2D eigenvalue weighted by Gasteiger charge is -2.16. The van der Waals surface area contributed by atoms with Crippen LogP contribution in [0.4, 0.5) is 5.69 Å². The zero-order valence-electron chi connectivity index (χ0n) is 11.8. The highest BCUT2D eigenvalue weighted by Gasteiger charge is 2.13. The molecule has 0 aromatic carbocycles. The van der Waals surface area contributed by atoms with Gasteiger partial charge >= 0.3 is 0 Å². The van der Waals surface area contributed by atoms with Crippen LogP contribution in [0, 0.1) is 0 Å². The molecule has 0 bridgehead atoms. The Labute approximate surface area is 128 Å². The zero-order valence-corrected chi connectivity index (χ0v) is 13.4. The van der Waals surface area contributed by atoms with Gasteiger partial charge in [0.25, 0.3) is 0 Å². The molecule has 0 spiro atoms. The van der Waals surface area contributed by atoms with Crippen LogP contribution in [0.25, 0.3) is 0 Å². The molecule has 0 fully saturated rings. The fraction of sp³-hybridized carbons (Fsp3) is 0.400. The molecule has 5 heteroatoms. The number of nitrogens with one attached hydrogen (secondary N) is 2. The summed E-state index contributed by atoms with van der Waals surface area (Å²) in [5, 5.41) is 10.6. The van der Waals surface area contributed by atoms with Crippen molar-refractivity contribution in [3.8, 4) is 0 Å². The number of amides is 1. The Morgan fingerprint density at radius 3 is 2.80 bits per heavy atom. The third-order valence-electron chi connectivity index (χ3n) is 3.03. The molecule has 2 heterocycles. The second-order valence-corrected chi connectivity index (χ2v) is 6.66. The van der Waals surface area contributed by atoms with Crippen molar-refractivity contribution < 1.29 is 4.79 Å². The van der Waals surface area contributed by atoms with Gasteiger partial charge in [0.05, 0.1) is 5.69 Å². The van der Waals surface area contributed by atoms with Crippen molar-refractivity contribution in [2.24, 2.45) is 0 Å². The van der Waals surface area contributed by atoms with Gasteiger partial charge in [-0.05, 0) is 29.3 Å². The zero-order chi connectivity index (χ0) is 14.4. The van der Waals surface area contributed by atoms with E-state index in [1.54, 1.807) is 29.6 Å². The molecule has 1 atom stereocenters. The van der Waals surface area contributed by atoms with E-state index in [1.807, 2.05) is 11.4 Å². The summed E-state index contributed by atoms with van der Waals surface area (Å²) in [5.41, 5.74) is 0.927. The third-order valence-corrected chi connectivity index (χ3v) is 4.94. The van der Waals surface area contributed by atoms with E-state index in [1.165, 1.54) is 9.75 Å². The average Bonchev–Trinajstić information content (AvgIpc) is 3.05. The highest BCUT2D eigenvalue weighted by Crippen LogP contribution is 2.26. The van der Waals surface area contributed by atoms with E-state index >= 15 is 0 Å². The molecule has 0 aliphatic carbocycles. The lowest BCUT2D eigenvalue weighted by molar-refractivity contribution is -0.114. The molecule has 0 aliphatic rings. The smallest absolute Gasteiger partial charge is 0.221 e. The Hall–Kier alpha value is -1.17. The molecular formula is C15H20N2OS2. The van der Waals surface area contributed by atoms with Crippen molar-refractivity contribution in [2.75, 3.05) is 5.32 Å². The van der Waals surface area contributed by atoms with Crippen molar-refractivity contribution in [3.63, 3.8) is 0 Å². The van der Waals surface area contributed by atoms with Gasteiger partial charge in [-0.3, -0.25) is 4.79 Å². The maximum Gasteiger partial charge on any atom is 0.221 e. The summed E-state index contributed by atoms with van der Waals surface area (Å²) in [6.45, 7) is 4.53. The van der Waals surface area contributed by atoms with Gasteiger partial charge in [-0.15, -0.1) is 22.7 Å². The van der Waals surface area contributed by atoms with Crippen LogP contribution in [0.15, 0.2) is 29.0 Å². The van der Waals surface area contributed by atoms with E-state index in [-0.39, 0.29) is 5.91 Å². The van der Waals surface area contributed by atoms with Crippen molar-refractivity contribution >= 4 is 34.3 Å². The Bertz CT molecular complexity index is 534. The van der Waals surface area contributed by atoms with Crippen LogP contribution < -0.4 is 10.6 Å². The van der Waals surface area contributed by atoms with Crippen LogP contribution in [0.2, 0.25) is 0 Å². The third kappa shape index (κ3) is 4.16.